The standard InChI is InChI=1S/C46H76O4/c1-11-12-13-14-15-16-17-18-19-20-21-22-23-24-25-26-29-50-41(47)28-27-35-30-36(42(48)39(31-35)45(5,6)7)32-37-33-38(44(2,3)4)34-40(43(37)49)46(8,9)10/h30-31,33-34,48-49H,11-29,32H2,1-10H3. The molecule has 0 radical (unpaired) electrons. The lowest BCUT2D eigenvalue weighted by atomic mass is 9.78. The van der Waals surface area contributed by atoms with Crippen LogP contribution < -0.4 is 0 Å². The number of hydrogen-bond acceptors (Lipinski definition) is 4. The Labute approximate surface area is 308 Å². The Balaban J connectivity index is 1.85. The van der Waals surface area contributed by atoms with Crippen molar-refractivity contribution in [1.29, 1.82) is 0 Å². The summed E-state index contributed by atoms with van der Waals surface area (Å²) in [6.07, 6.45) is 22.5. The maximum absolute atomic E-state index is 12.7. The molecule has 0 unspecified atom stereocenters. The highest BCUT2D eigenvalue weighted by molar-refractivity contribution is 5.69. The zero-order valence-corrected chi connectivity index (χ0v) is 34.2. The topological polar surface area (TPSA) is 66.8 Å². The van der Waals surface area contributed by atoms with Gasteiger partial charge in [0.2, 0.25) is 0 Å². The Morgan fingerprint density at radius 1 is 0.560 bits per heavy atom. The lowest BCUT2D eigenvalue weighted by Gasteiger charge is -2.28. The van der Waals surface area contributed by atoms with Crippen molar-refractivity contribution in [3.05, 3.63) is 57.6 Å². The number of benzene rings is 2. The van der Waals surface area contributed by atoms with E-state index in [0.717, 1.165) is 46.2 Å². The lowest BCUT2D eigenvalue weighted by Crippen LogP contribution is -2.18. The Morgan fingerprint density at radius 2 is 0.980 bits per heavy atom. The third-order valence-corrected chi connectivity index (χ3v) is 10.2. The summed E-state index contributed by atoms with van der Waals surface area (Å²) < 4.78 is 5.61. The van der Waals surface area contributed by atoms with Crippen LogP contribution in [0.15, 0.2) is 24.3 Å². The van der Waals surface area contributed by atoms with Gasteiger partial charge in [0.1, 0.15) is 11.5 Å². The molecule has 4 nitrogen and oxygen atoms in total. The fourth-order valence-electron chi connectivity index (χ4n) is 6.81. The van der Waals surface area contributed by atoms with Gasteiger partial charge in [-0.15, -0.1) is 0 Å². The quantitative estimate of drug-likeness (QED) is 0.0952. The number of aromatic hydroxyl groups is 2. The van der Waals surface area contributed by atoms with Crippen LogP contribution >= 0.6 is 0 Å². The van der Waals surface area contributed by atoms with E-state index in [9.17, 15) is 15.0 Å². The van der Waals surface area contributed by atoms with Gasteiger partial charge in [0, 0.05) is 12.8 Å². The fourth-order valence-corrected chi connectivity index (χ4v) is 6.81. The minimum absolute atomic E-state index is 0.0878. The molecule has 0 aliphatic rings. The second kappa shape index (κ2) is 21.1. The molecule has 0 saturated carbocycles. The summed E-state index contributed by atoms with van der Waals surface area (Å²) in [7, 11) is 0. The molecule has 0 fully saturated rings. The van der Waals surface area contributed by atoms with Gasteiger partial charge in [-0.1, -0.05) is 190 Å². The number of rotatable bonds is 22. The van der Waals surface area contributed by atoms with Crippen molar-refractivity contribution in [1.82, 2.24) is 0 Å². The number of esters is 1. The van der Waals surface area contributed by atoms with Gasteiger partial charge in [-0.25, -0.2) is 0 Å². The molecule has 0 amide bonds. The van der Waals surface area contributed by atoms with E-state index in [1.54, 1.807) is 0 Å². The Morgan fingerprint density at radius 3 is 1.42 bits per heavy atom. The Bertz CT molecular complexity index is 1290. The number of hydrogen-bond donors (Lipinski definition) is 2. The van der Waals surface area contributed by atoms with Gasteiger partial charge < -0.3 is 14.9 Å². The predicted molar refractivity (Wildman–Crippen MR) is 214 cm³/mol. The van der Waals surface area contributed by atoms with Crippen molar-refractivity contribution < 1.29 is 19.7 Å². The van der Waals surface area contributed by atoms with E-state index in [1.807, 2.05) is 12.1 Å². The molecule has 2 aromatic carbocycles. The van der Waals surface area contributed by atoms with Crippen molar-refractivity contribution >= 4 is 5.97 Å². The van der Waals surface area contributed by atoms with Gasteiger partial charge in [-0.3, -0.25) is 4.79 Å². The predicted octanol–water partition coefficient (Wildman–Crippen LogP) is 13.3. The first kappa shape index (κ1) is 43.7. The van der Waals surface area contributed by atoms with Crippen molar-refractivity contribution in [3.63, 3.8) is 0 Å². The molecule has 0 spiro atoms. The van der Waals surface area contributed by atoms with E-state index in [2.05, 4.69) is 81.4 Å². The summed E-state index contributed by atoms with van der Waals surface area (Å²) in [6, 6.07) is 8.26. The molecule has 0 saturated heterocycles. The van der Waals surface area contributed by atoms with Crippen LogP contribution in [-0.4, -0.2) is 22.8 Å². The van der Waals surface area contributed by atoms with Crippen LogP contribution in [0.2, 0.25) is 0 Å². The number of carbonyl (C=O) groups excluding carboxylic acids is 1. The van der Waals surface area contributed by atoms with Crippen LogP contribution in [0, 0.1) is 0 Å². The van der Waals surface area contributed by atoms with Crippen molar-refractivity contribution in [2.75, 3.05) is 6.61 Å². The highest BCUT2D eigenvalue weighted by atomic mass is 16.5. The average Bonchev–Trinajstić information content (AvgIpc) is 3.02. The van der Waals surface area contributed by atoms with Crippen LogP contribution in [0.3, 0.4) is 0 Å². The van der Waals surface area contributed by atoms with E-state index < -0.39 is 0 Å². The molecule has 0 aliphatic heterocycles. The Hall–Kier alpha value is -2.49. The van der Waals surface area contributed by atoms with E-state index in [-0.39, 0.29) is 28.0 Å². The highest BCUT2D eigenvalue weighted by Crippen LogP contribution is 2.41. The maximum atomic E-state index is 12.7. The monoisotopic (exact) mass is 693 g/mol. The lowest BCUT2D eigenvalue weighted by molar-refractivity contribution is -0.143. The molecule has 4 heteroatoms. The number of phenols is 2. The molecular weight excluding hydrogens is 617 g/mol. The van der Waals surface area contributed by atoms with E-state index in [0.29, 0.717) is 31.6 Å². The molecular formula is C46H76O4. The van der Waals surface area contributed by atoms with Gasteiger partial charge in [-0.2, -0.15) is 0 Å². The van der Waals surface area contributed by atoms with Crippen LogP contribution in [0.1, 0.15) is 212 Å². The second-order valence-electron chi connectivity index (χ2n) is 18.1. The number of ether oxygens (including phenoxy) is 1. The summed E-state index contributed by atoms with van der Waals surface area (Å²) in [4.78, 5) is 12.7. The molecule has 0 bridgehead atoms. The van der Waals surface area contributed by atoms with Crippen molar-refractivity contribution in [2.45, 2.75) is 207 Å². The summed E-state index contributed by atoms with van der Waals surface area (Å²) in [5.41, 5.74) is 4.92. The zero-order valence-electron chi connectivity index (χ0n) is 34.2. The van der Waals surface area contributed by atoms with Crippen LogP contribution in [0.4, 0.5) is 0 Å². The summed E-state index contributed by atoms with van der Waals surface area (Å²) in [5, 5.41) is 22.9. The van der Waals surface area contributed by atoms with Gasteiger partial charge in [0.15, 0.2) is 0 Å². The largest absolute Gasteiger partial charge is 0.507 e. The third-order valence-electron chi connectivity index (χ3n) is 10.2. The molecule has 0 aromatic heterocycles. The smallest absolute Gasteiger partial charge is 0.306 e. The highest BCUT2D eigenvalue weighted by Gasteiger charge is 2.27. The first-order valence-corrected chi connectivity index (χ1v) is 20.3. The number of carbonyl (C=O) groups is 1. The minimum Gasteiger partial charge on any atom is -0.507 e. The normalized spacial score (nSPS) is 12.4. The zero-order chi connectivity index (χ0) is 37.4. The van der Waals surface area contributed by atoms with Crippen LogP contribution in [-0.2, 0) is 38.6 Å². The summed E-state index contributed by atoms with van der Waals surface area (Å²) in [6.45, 7) is 22.0. The van der Waals surface area contributed by atoms with Gasteiger partial charge >= 0.3 is 5.97 Å². The van der Waals surface area contributed by atoms with Gasteiger partial charge in [0.05, 0.1) is 6.61 Å². The minimum atomic E-state index is -0.283. The molecule has 2 aromatic rings. The maximum Gasteiger partial charge on any atom is 0.306 e. The van der Waals surface area contributed by atoms with Gasteiger partial charge in [-0.05, 0) is 62.5 Å². The first-order chi connectivity index (χ1) is 23.4. The number of phenolic OH excluding ortho intramolecular Hbond substituents is 2. The molecule has 2 N–H and O–H groups in total. The first-order valence-electron chi connectivity index (χ1n) is 20.3. The summed E-state index contributed by atoms with van der Waals surface area (Å²) >= 11 is 0. The molecule has 0 aliphatic carbocycles. The van der Waals surface area contributed by atoms with Crippen LogP contribution in [0.5, 0.6) is 11.5 Å². The molecule has 284 valence electrons. The number of aryl methyl sites for hydroxylation is 1. The van der Waals surface area contributed by atoms with E-state index in [1.165, 1.54) is 89.9 Å². The molecule has 0 heterocycles. The second-order valence-corrected chi connectivity index (χ2v) is 18.1. The SMILES string of the molecule is CCCCCCCCCCCCCCCCCCOC(=O)CCc1cc(Cc2cc(C(C)(C)C)cc(C(C)(C)C)c2O)c(O)c(C(C)(C)C)c1. The van der Waals surface area contributed by atoms with E-state index in [4.69, 9.17) is 4.74 Å². The number of unbranched alkanes of at least 4 members (excludes halogenated alkanes) is 15. The fraction of sp³-hybridized carbons (Fsp3) is 0.717. The van der Waals surface area contributed by atoms with Crippen LogP contribution in [0.25, 0.3) is 0 Å². The van der Waals surface area contributed by atoms with Crippen molar-refractivity contribution in [2.24, 2.45) is 0 Å². The Kier molecular flexibility index (Phi) is 18.5. The van der Waals surface area contributed by atoms with Crippen molar-refractivity contribution in [3.8, 4) is 11.5 Å². The molecule has 2 rings (SSSR count). The molecule has 0 atom stereocenters. The summed E-state index contributed by atoms with van der Waals surface area (Å²) in [5.74, 6) is 0.402. The van der Waals surface area contributed by atoms with E-state index >= 15 is 0 Å². The van der Waals surface area contributed by atoms with Gasteiger partial charge in [0.25, 0.3) is 0 Å². The third kappa shape index (κ3) is 15.8. The molecule has 50 heavy (non-hydrogen) atoms. The average molecular weight is 693 g/mol.